The molecule has 2 heterocycles. The second-order valence-electron chi connectivity index (χ2n) is 3.83. The van der Waals surface area contributed by atoms with E-state index in [0.717, 1.165) is 11.4 Å². The molecule has 1 aliphatic carbocycles. The third-order valence-electron chi connectivity index (χ3n) is 2.80. The molecule has 0 aromatic heterocycles. The van der Waals surface area contributed by atoms with Gasteiger partial charge in [0.2, 0.25) is 0 Å². The monoisotopic (exact) mass is 223 g/mol. The number of aliphatic hydroxyl groups is 1. The van der Waals surface area contributed by atoms with Gasteiger partial charge < -0.3 is 5.11 Å². The van der Waals surface area contributed by atoms with Crippen LogP contribution in [0.1, 0.15) is 24.3 Å². The largest absolute Gasteiger partial charge is 0.376 e. The van der Waals surface area contributed by atoms with Crippen LogP contribution < -0.4 is 0 Å². The molecular formula is C10H10ClN3O. The smallest absolute Gasteiger partial charge is 0.146 e. The van der Waals surface area contributed by atoms with Gasteiger partial charge >= 0.3 is 0 Å². The molecule has 1 N–H and O–H groups in total. The summed E-state index contributed by atoms with van der Waals surface area (Å²) in [6.45, 7) is -0.123. The molecule has 0 aromatic rings. The number of aliphatic hydroxyl groups excluding tert-OH is 1. The van der Waals surface area contributed by atoms with Crippen LogP contribution in [0.5, 0.6) is 0 Å². The summed E-state index contributed by atoms with van der Waals surface area (Å²) in [6, 6.07) is 0. The second-order valence-corrected chi connectivity index (χ2v) is 4.19. The molecule has 78 valence electrons. The Morgan fingerprint density at radius 2 is 2.27 bits per heavy atom. The molecule has 1 saturated carbocycles. The van der Waals surface area contributed by atoms with Gasteiger partial charge in [0.05, 0.1) is 11.9 Å². The second kappa shape index (κ2) is 3.18. The summed E-state index contributed by atoms with van der Waals surface area (Å²) < 4.78 is 1.59. The standard InChI is InChI=1S/C10H10ClN3O/c11-9-8-7(6-1-2-6)3-12-10(8)14(5-15)4-13-9/h3-4,6,15H,1-2,5H2. The minimum absolute atomic E-state index is 0.123. The summed E-state index contributed by atoms with van der Waals surface area (Å²) >= 11 is 6.06. The molecule has 1 fully saturated rings. The first-order valence-electron chi connectivity index (χ1n) is 4.91. The SMILES string of the molecule is OCn1cnc(Cl)c2c(C3CC3)cnc1-2. The zero-order valence-electron chi connectivity index (χ0n) is 8.02. The number of halogens is 1. The fourth-order valence-corrected chi connectivity index (χ4v) is 2.10. The van der Waals surface area contributed by atoms with Crippen LogP contribution in [0.3, 0.4) is 0 Å². The summed E-state index contributed by atoms with van der Waals surface area (Å²) in [5, 5.41) is 9.61. The topological polar surface area (TPSA) is 50.9 Å². The Morgan fingerprint density at radius 3 is 2.93 bits per heavy atom. The number of nitrogens with zero attached hydrogens (tertiary/aromatic N) is 3. The van der Waals surface area contributed by atoms with E-state index in [-0.39, 0.29) is 6.73 Å². The van der Waals surface area contributed by atoms with Crippen LogP contribution >= 0.6 is 11.6 Å². The lowest BCUT2D eigenvalue weighted by Gasteiger charge is -2.09. The van der Waals surface area contributed by atoms with Crippen molar-refractivity contribution < 1.29 is 5.11 Å². The molecule has 0 amide bonds. The highest BCUT2D eigenvalue weighted by Crippen LogP contribution is 2.46. The molecule has 2 aliphatic heterocycles. The summed E-state index contributed by atoms with van der Waals surface area (Å²) in [5.41, 5.74) is 2.07. The molecule has 15 heavy (non-hydrogen) atoms. The van der Waals surface area contributed by atoms with E-state index in [1.54, 1.807) is 4.57 Å². The van der Waals surface area contributed by atoms with E-state index in [1.165, 1.54) is 24.7 Å². The van der Waals surface area contributed by atoms with Gasteiger partial charge in [0, 0.05) is 6.20 Å². The molecule has 4 nitrogen and oxygen atoms in total. The van der Waals surface area contributed by atoms with E-state index in [0.29, 0.717) is 11.1 Å². The minimum Gasteiger partial charge on any atom is -0.376 e. The number of aromatic nitrogens is 3. The summed E-state index contributed by atoms with van der Waals surface area (Å²) in [4.78, 5) is 8.34. The van der Waals surface area contributed by atoms with E-state index >= 15 is 0 Å². The molecule has 3 rings (SSSR count). The predicted molar refractivity (Wildman–Crippen MR) is 55.8 cm³/mol. The Kier molecular flexibility index (Phi) is 1.94. The van der Waals surface area contributed by atoms with Crippen molar-refractivity contribution in [3.05, 3.63) is 23.2 Å². The van der Waals surface area contributed by atoms with Gasteiger partial charge in [-0.05, 0) is 24.3 Å². The fourth-order valence-electron chi connectivity index (χ4n) is 1.86. The maximum Gasteiger partial charge on any atom is 0.146 e. The molecule has 0 radical (unpaired) electrons. The first kappa shape index (κ1) is 9.12. The highest BCUT2D eigenvalue weighted by atomic mass is 35.5. The maximum absolute atomic E-state index is 9.13. The Labute approximate surface area is 91.9 Å². The van der Waals surface area contributed by atoms with Crippen molar-refractivity contribution in [3.63, 3.8) is 0 Å². The van der Waals surface area contributed by atoms with E-state index in [2.05, 4.69) is 9.97 Å². The van der Waals surface area contributed by atoms with Gasteiger partial charge in [-0.1, -0.05) is 11.6 Å². The molecule has 0 atom stereocenters. The number of hydrogen-bond acceptors (Lipinski definition) is 3. The lowest BCUT2D eigenvalue weighted by molar-refractivity contribution is 0.209. The molecule has 0 aromatic carbocycles. The third kappa shape index (κ3) is 1.33. The van der Waals surface area contributed by atoms with Crippen LogP contribution in [0.4, 0.5) is 0 Å². The van der Waals surface area contributed by atoms with Crippen LogP contribution in [0.25, 0.3) is 11.4 Å². The highest BCUT2D eigenvalue weighted by Gasteiger charge is 2.31. The number of rotatable bonds is 2. The van der Waals surface area contributed by atoms with E-state index in [1.807, 2.05) is 6.20 Å². The van der Waals surface area contributed by atoms with Crippen molar-refractivity contribution in [1.29, 1.82) is 0 Å². The molecule has 0 unspecified atom stereocenters. The van der Waals surface area contributed by atoms with Crippen LogP contribution in [0.2, 0.25) is 5.15 Å². The Morgan fingerprint density at radius 1 is 1.47 bits per heavy atom. The van der Waals surface area contributed by atoms with Crippen molar-refractivity contribution in [1.82, 2.24) is 14.5 Å². The maximum atomic E-state index is 9.13. The van der Waals surface area contributed by atoms with E-state index in [4.69, 9.17) is 16.7 Å². The Hall–Kier alpha value is -1.13. The van der Waals surface area contributed by atoms with Crippen molar-refractivity contribution in [3.8, 4) is 11.4 Å². The van der Waals surface area contributed by atoms with Crippen LogP contribution in [-0.4, -0.2) is 19.6 Å². The summed E-state index contributed by atoms with van der Waals surface area (Å²) in [5.74, 6) is 1.31. The van der Waals surface area contributed by atoms with Crippen LogP contribution in [-0.2, 0) is 6.73 Å². The van der Waals surface area contributed by atoms with E-state index < -0.39 is 0 Å². The fraction of sp³-hybridized carbons (Fsp3) is 0.400. The summed E-state index contributed by atoms with van der Waals surface area (Å²) in [7, 11) is 0. The summed E-state index contributed by atoms with van der Waals surface area (Å²) in [6.07, 6.45) is 5.76. The van der Waals surface area contributed by atoms with Crippen molar-refractivity contribution >= 4 is 11.6 Å². The van der Waals surface area contributed by atoms with Crippen molar-refractivity contribution in [2.75, 3.05) is 0 Å². The van der Waals surface area contributed by atoms with Gasteiger partial charge in [0.1, 0.15) is 17.7 Å². The van der Waals surface area contributed by atoms with Crippen LogP contribution in [0, 0.1) is 0 Å². The third-order valence-corrected chi connectivity index (χ3v) is 3.08. The Balaban J connectivity index is 2.22. The average Bonchev–Trinajstić information content (AvgIpc) is 2.99. The van der Waals surface area contributed by atoms with Crippen molar-refractivity contribution in [2.24, 2.45) is 0 Å². The Bertz CT molecular complexity index is 478. The van der Waals surface area contributed by atoms with Gasteiger partial charge in [-0.2, -0.15) is 0 Å². The first-order valence-corrected chi connectivity index (χ1v) is 5.29. The molecule has 0 spiro atoms. The predicted octanol–water partition coefficient (Wildman–Crippen LogP) is 1.86. The van der Waals surface area contributed by atoms with Gasteiger partial charge in [0.15, 0.2) is 0 Å². The molecular weight excluding hydrogens is 214 g/mol. The zero-order chi connectivity index (χ0) is 10.4. The average molecular weight is 224 g/mol. The molecule has 3 aliphatic rings. The van der Waals surface area contributed by atoms with Gasteiger partial charge in [-0.15, -0.1) is 0 Å². The molecule has 0 bridgehead atoms. The first-order chi connectivity index (χ1) is 7.31. The lowest BCUT2D eigenvalue weighted by Crippen LogP contribution is -2.05. The minimum atomic E-state index is -0.123. The quantitative estimate of drug-likeness (QED) is 0.791. The van der Waals surface area contributed by atoms with E-state index in [9.17, 15) is 0 Å². The van der Waals surface area contributed by atoms with Crippen molar-refractivity contribution in [2.45, 2.75) is 25.5 Å². The number of fused-ring (bicyclic) bond motifs is 1. The van der Waals surface area contributed by atoms with Gasteiger partial charge in [0.25, 0.3) is 0 Å². The highest BCUT2D eigenvalue weighted by molar-refractivity contribution is 6.32. The number of hydrogen-bond donors (Lipinski definition) is 1. The lowest BCUT2D eigenvalue weighted by atomic mass is 10.1. The van der Waals surface area contributed by atoms with Gasteiger partial charge in [-0.3, -0.25) is 4.57 Å². The molecule has 5 heteroatoms. The zero-order valence-corrected chi connectivity index (χ0v) is 8.78. The van der Waals surface area contributed by atoms with Gasteiger partial charge in [-0.25, -0.2) is 9.97 Å². The normalized spacial score (nSPS) is 16.1. The van der Waals surface area contributed by atoms with Crippen LogP contribution in [0.15, 0.2) is 12.5 Å². The molecule has 0 saturated heterocycles.